The smallest absolute Gasteiger partial charge is 0.410 e. The molecule has 0 saturated carbocycles. The summed E-state index contributed by atoms with van der Waals surface area (Å²) in [6, 6.07) is 9.30. The third-order valence-electron chi connectivity index (χ3n) is 4.30. The summed E-state index contributed by atoms with van der Waals surface area (Å²) in [7, 11) is -3.42. The molecule has 0 unspecified atom stereocenters. The van der Waals surface area contributed by atoms with Gasteiger partial charge < -0.3 is 19.7 Å². The van der Waals surface area contributed by atoms with Gasteiger partial charge in [0.25, 0.3) is 0 Å². The molecule has 1 aromatic carbocycles. The Morgan fingerprint density at radius 3 is 2.36 bits per heavy atom. The first-order valence-corrected chi connectivity index (χ1v) is 11.0. The largest absolute Gasteiger partial charge is 0.445 e. The molecule has 2 amide bonds. The minimum atomic E-state index is -3.42. The topological polar surface area (TPSA) is 102 Å². The first-order chi connectivity index (χ1) is 13.0. The highest BCUT2D eigenvalue weighted by molar-refractivity contribution is 7.91. The van der Waals surface area contributed by atoms with E-state index in [0.717, 1.165) is 11.8 Å². The van der Waals surface area contributed by atoms with Crippen molar-refractivity contribution >= 4 is 22.0 Å². The summed E-state index contributed by atoms with van der Waals surface area (Å²) in [6.45, 7) is 5.81. The van der Waals surface area contributed by atoms with Gasteiger partial charge in [0, 0.05) is 31.8 Å². The molecule has 1 atom stereocenters. The van der Waals surface area contributed by atoms with Crippen LogP contribution in [0, 0.1) is 5.92 Å². The molecule has 0 radical (unpaired) electrons. The molecule has 0 aliphatic carbocycles. The van der Waals surface area contributed by atoms with E-state index in [1.807, 2.05) is 30.3 Å². The van der Waals surface area contributed by atoms with Gasteiger partial charge >= 0.3 is 12.2 Å². The zero-order chi connectivity index (χ0) is 20.9. The second-order valence-corrected chi connectivity index (χ2v) is 10.2. The van der Waals surface area contributed by atoms with Crippen LogP contribution in [0.25, 0.3) is 0 Å². The minimum Gasteiger partial charge on any atom is -0.445 e. The van der Waals surface area contributed by atoms with Crippen LogP contribution in [0.5, 0.6) is 0 Å². The first kappa shape index (κ1) is 22.0. The molecule has 1 aliphatic rings. The maximum atomic E-state index is 12.1. The highest BCUT2D eigenvalue weighted by atomic mass is 32.2. The van der Waals surface area contributed by atoms with E-state index in [1.165, 1.54) is 4.90 Å². The van der Waals surface area contributed by atoms with E-state index in [9.17, 15) is 18.0 Å². The first-order valence-electron chi connectivity index (χ1n) is 9.07. The summed E-state index contributed by atoms with van der Waals surface area (Å²) in [6.07, 6.45) is -0.0165. The van der Waals surface area contributed by atoms with Crippen molar-refractivity contribution in [3.63, 3.8) is 0 Å². The number of carbonyl (C=O) groups excluding carboxylic acids is 2. The van der Waals surface area contributed by atoms with Crippen LogP contribution < -0.4 is 5.32 Å². The van der Waals surface area contributed by atoms with Crippen molar-refractivity contribution in [3.8, 4) is 0 Å². The van der Waals surface area contributed by atoms with Gasteiger partial charge in [-0.05, 0) is 26.3 Å². The average molecular weight is 413 g/mol. The zero-order valence-electron chi connectivity index (χ0n) is 16.7. The van der Waals surface area contributed by atoms with Gasteiger partial charge in [-0.1, -0.05) is 30.3 Å². The highest BCUT2D eigenvalue weighted by Crippen LogP contribution is 2.24. The number of alkyl carbamates (subject to hydrolysis) is 1. The van der Waals surface area contributed by atoms with Crippen LogP contribution in [0.1, 0.15) is 26.3 Å². The fraction of sp³-hybridized carbons (Fsp3) is 0.579. The Balaban J connectivity index is 1.83. The Morgan fingerprint density at radius 2 is 1.82 bits per heavy atom. The molecule has 1 heterocycles. The lowest BCUT2D eigenvalue weighted by Crippen LogP contribution is -2.58. The molecule has 156 valence electrons. The van der Waals surface area contributed by atoms with Crippen LogP contribution in [0.3, 0.4) is 0 Å². The van der Waals surface area contributed by atoms with E-state index in [1.54, 1.807) is 20.8 Å². The Morgan fingerprint density at radius 1 is 1.21 bits per heavy atom. The average Bonchev–Trinajstić information content (AvgIpc) is 2.52. The molecule has 9 heteroatoms. The van der Waals surface area contributed by atoms with Crippen LogP contribution in [0.4, 0.5) is 9.59 Å². The van der Waals surface area contributed by atoms with Gasteiger partial charge in [0.1, 0.15) is 12.2 Å². The lowest BCUT2D eigenvalue weighted by molar-refractivity contribution is 0.0434. The Hall–Kier alpha value is -2.29. The standard InChI is InChI=1S/C19H28N2O6S/c1-19(2,3)27-17(22)20-10-16(28(4,24)25)15-11-21(12-15)18(23)26-13-14-8-6-5-7-9-14/h5-9,15-16H,10-13H2,1-4H3,(H,20,22)/t16-/m0/s1. The normalized spacial score (nSPS) is 16.1. The fourth-order valence-electron chi connectivity index (χ4n) is 2.87. The molecule has 1 aromatic rings. The zero-order valence-corrected chi connectivity index (χ0v) is 17.5. The molecule has 0 aromatic heterocycles. The Kier molecular flexibility index (Phi) is 6.92. The van der Waals surface area contributed by atoms with Crippen LogP contribution in [0.2, 0.25) is 0 Å². The van der Waals surface area contributed by atoms with Crippen LogP contribution in [-0.4, -0.2) is 62.2 Å². The highest BCUT2D eigenvalue weighted by Gasteiger charge is 2.41. The van der Waals surface area contributed by atoms with Gasteiger partial charge in [-0.15, -0.1) is 0 Å². The number of benzene rings is 1. The molecule has 28 heavy (non-hydrogen) atoms. The van der Waals surface area contributed by atoms with E-state index in [2.05, 4.69) is 5.32 Å². The van der Waals surface area contributed by atoms with E-state index in [0.29, 0.717) is 0 Å². The molecular weight excluding hydrogens is 384 g/mol. The van der Waals surface area contributed by atoms with Crippen molar-refractivity contribution in [3.05, 3.63) is 35.9 Å². The second kappa shape index (κ2) is 8.81. The number of nitrogens with one attached hydrogen (secondary N) is 1. The maximum absolute atomic E-state index is 12.1. The lowest BCUT2D eigenvalue weighted by atomic mass is 9.96. The van der Waals surface area contributed by atoms with Crippen molar-refractivity contribution < 1.29 is 27.5 Å². The van der Waals surface area contributed by atoms with Gasteiger partial charge in [-0.2, -0.15) is 0 Å². The Bertz CT molecular complexity index is 782. The van der Waals surface area contributed by atoms with E-state index in [4.69, 9.17) is 9.47 Å². The second-order valence-electron chi connectivity index (χ2n) is 7.96. The van der Waals surface area contributed by atoms with Gasteiger partial charge in [0.2, 0.25) is 0 Å². The third-order valence-corrected chi connectivity index (χ3v) is 5.95. The molecule has 8 nitrogen and oxygen atoms in total. The molecule has 1 aliphatic heterocycles. The minimum absolute atomic E-state index is 0.0642. The van der Waals surface area contributed by atoms with E-state index in [-0.39, 0.29) is 32.2 Å². The van der Waals surface area contributed by atoms with Crippen molar-refractivity contribution in [1.82, 2.24) is 10.2 Å². The van der Waals surface area contributed by atoms with Crippen LogP contribution >= 0.6 is 0 Å². The molecule has 1 saturated heterocycles. The Labute approximate surface area is 166 Å². The number of carbonyl (C=O) groups is 2. The van der Waals surface area contributed by atoms with Crippen molar-refractivity contribution in [2.75, 3.05) is 25.9 Å². The quantitative estimate of drug-likeness (QED) is 0.768. The van der Waals surface area contributed by atoms with Crippen molar-refractivity contribution in [1.29, 1.82) is 0 Å². The fourth-order valence-corrected chi connectivity index (χ4v) is 4.13. The molecule has 0 bridgehead atoms. The summed E-state index contributed by atoms with van der Waals surface area (Å²) in [4.78, 5) is 25.4. The summed E-state index contributed by atoms with van der Waals surface area (Å²) in [5, 5.41) is 1.72. The SMILES string of the molecule is CC(C)(C)OC(=O)NC[C@@H](C1CN(C(=O)OCc2ccccc2)C1)S(C)(=O)=O. The van der Waals surface area contributed by atoms with Crippen molar-refractivity contribution in [2.24, 2.45) is 5.92 Å². The number of amides is 2. The number of hydrogen-bond donors (Lipinski definition) is 1. The van der Waals surface area contributed by atoms with Gasteiger partial charge in [-0.25, -0.2) is 18.0 Å². The predicted octanol–water partition coefficient (Wildman–Crippen LogP) is 2.19. The monoisotopic (exact) mass is 412 g/mol. The summed E-state index contributed by atoms with van der Waals surface area (Å²) in [5.74, 6) is -0.269. The molecule has 2 rings (SSSR count). The predicted molar refractivity (Wildman–Crippen MR) is 105 cm³/mol. The number of rotatable bonds is 6. The summed E-state index contributed by atoms with van der Waals surface area (Å²) >= 11 is 0. The molecular formula is C19H28N2O6S. The van der Waals surface area contributed by atoms with E-state index >= 15 is 0 Å². The van der Waals surface area contributed by atoms with Crippen LogP contribution in [0.15, 0.2) is 30.3 Å². The summed E-state index contributed by atoms with van der Waals surface area (Å²) < 4.78 is 34.6. The summed E-state index contributed by atoms with van der Waals surface area (Å²) in [5.41, 5.74) is 0.212. The number of ether oxygens (including phenoxy) is 2. The third kappa shape index (κ3) is 6.70. The maximum Gasteiger partial charge on any atom is 0.410 e. The lowest BCUT2D eigenvalue weighted by Gasteiger charge is -2.41. The van der Waals surface area contributed by atoms with Crippen molar-refractivity contribution in [2.45, 2.75) is 38.2 Å². The number of likely N-dealkylation sites (tertiary alicyclic amines) is 1. The molecule has 1 fully saturated rings. The van der Waals surface area contributed by atoms with Gasteiger partial charge in [-0.3, -0.25) is 0 Å². The number of hydrogen-bond acceptors (Lipinski definition) is 6. The van der Waals surface area contributed by atoms with Gasteiger partial charge in [0.15, 0.2) is 9.84 Å². The van der Waals surface area contributed by atoms with Gasteiger partial charge in [0.05, 0.1) is 5.25 Å². The number of sulfone groups is 1. The molecule has 0 spiro atoms. The van der Waals surface area contributed by atoms with E-state index < -0.39 is 32.9 Å². The molecule has 1 N–H and O–H groups in total. The number of nitrogens with zero attached hydrogens (tertiary/aromatic N) is 1. The van der Waals surface area contributed by atoms with Crippen LogP contribution in [-0.2, 0) is 25.9 Å².